The Hall–Kier alpha value is -1.61. The van der Waals surface area contributed by atoms with Crippen LogP contribution in [0.15, 0.2) is 42.5 Å². The van der Waals surface area contributed by atoms with Gasteiger partial charge in [0, 0.05) is 18.2 Å². The van der Waals surface area contributed by atoms with Gasteiger partial charge in [0.25, 0.3) is 0 Å². The van der Waals surface area contributed by atoms with E-state index in [4.69, 9.17) is 4.74 Å². The molecule has 0 aromatic heterocycles. The fraction of sp³-hybridized carbons (Fsp3) is 0.400. The van der Waals surface area contributed by atoms with Crippen molar-refractivity contribution in [3.63, 3.8) is 0 Å². The summed E-state index contributed by atoms with van der Waals surface area (Å²) in [5, 5.41) is 3.37. The standard InChI is InChI=1S/C15H21NO2/c1-4-14(11-18-15(17)12(2)3)16-10-13-8-6-5-7-9-13/h5-9,14,16H,2,4,10-11H2,1,3H3. The van der Waals surface area contributed by atoms with E-state index in [0.717, 1.165) is 13.0 Å². The highest BCUT2D eigenvalue weighted by Gasteiger charge is 2.09. The Morgan fingerprint density at radius 1 is 1.39 bits per heavy atom. The van der Waals surface area contributed by atoms with Crippen molar-refractivity contribution < 1.29 is 9.53 Å². The number of nitrogens with one attached hydrogen (secondary N) is 1. The number of esters is 1. The number of hydrogen-bond acceptors (Lipinski definition) is 3. The molecule has 98 valence electrons. The van der Waals surface area contributed by atoms with Crippen molar-refractivity contribution in [3.05, 3.63) is 48.0 Å². The highest BCUT2D eigenvalue weighted by Crippen LogP contribution is 2.01. The van der Waals surface area contributed by atoms with E-state index >= 15 is 0 Å². The van der Waals surface area contributed by atoms with Crippen LogP contribution < -0.4 is 5.32 Å². The van der Waals surface area contributed by atoms with Gasteiger partial charge in [0.15, 0.2) is 0 Å². The average Bonchev–Trinajstić information content (AvgIpc) is 2.39. The van der Waals surface area contributed by atoms with Gasteiger partial charge >= 0.3 is 5.97 Å². The molecule has 0 aliphatic heterocycles. The molecule has 0 bridgehead atoms. The number of carbonyl (C=O) groups excluding carboxylic acids is 1. The maximum Gasteiger partial charge on any atom is 0.333 e. The van der Waals surface area contributed by atoms with Gasteiger partial charge in [-0.3, -0.25) is 0 Å². The summed E-state index contributed by atoms with van der Waals surface area (Å²) < 4.78 is 5.14. The second-order valence-corrected chi connectivity index (χ2v) is 4.35. The number of carbonyl (C=O) groups is 1. The number of ether oxygens (including phenoxy) is 1. The summed E-state index contributed by atoms with van der Waals surface area (Å²) in [4.78, 5) is 11.3. The zero-order valence-corrected chi connectivity index (χ0v) is 11.1. The summed E-state index contributed by atoms with van der Waals surface area (Å²) in [5.74, 6) is -0.324. The third kappa shape index (κ3) is 5.15. The van der Waals surface area contributed by atoms with Gasteiger partial charge in [0.05, 0.1) is 0 Å². The lowest BCUT2D eigenvalue weighted by atomic mass is 10.2. The number of benzene rings is 1. The van der Waals surface area contributed by atoms with Crippen molar-refractivity contribution in [2.24, 2.45) is 0 Å². The van der Waals surface area contributed by atoms with Gasteiger partial charge in [0.1, 0.15) is 6.61 Å². The first-order valence-electron chi connectivity index (χ1n) is 6.23. The smallest absolute Gasteiger partial charge is 0.333 e. The van der Waals surface area contributed by atoms with E-state index in [1.807, 2.05) is 18.2 Å². The zero-order valence-electron chi connectivity index (χ0n) is 11.1. The maximum atomic E-state index is 11.3. The van der Waals surface area contributed by atoms with Crippen LogP contribution in [0.4, 0.5) is 0 Å². The van der Waals surface area contributed by atoms with Crippen molar-refractivity contribution >= 4 is 5.97 Å². The summed E-state index contributed by atoms with van der Waals surface area (Å²) >= 11 is 0. The Bertz CT molecular complexity index is 387. The molecule has 1 unspecified atom stereocenters. The minimum atomic E-state index is -0.324. The molecular formula is C15H21NO2. The van der Waals surface area contributed by atoms with Crippen molar-refractivity contribution in [1.82, 2.24) is 5.32 Å². The van der Waals surface area contributed by atoms with Crippen molar-refractivity contribution in [2.75, 3.05) is 6.61 Å². The van der Waals surface area contributed by atoms with Crippen molar-refractivity contribution in [3.8, 4) is 0 Å². The van der Waals surface area contributed by atoms with Crippen molar-refractivity contribution in [2.45, 2.75) is 32.9 Å². The van der Waals surface area contributed by atoms with E-state index in [2.05, 4.69) is 31.0 Å². The molecule has 1 N–H and O–H groups in total. The monoisotopic (exact) mass is 247 g/mol. The normalized spacial score (nSPS) is 11.9. The van der Waals surface area contributed by atoms with Gasteiger partial charge in [-0.05, 0) is 18.9 Å². The molecule has 0 aliphatic rings. The molecule has 0 heterocycles. The van der Waals surface area contributed by atoms with Crippen LogP contribution in [0, 0.1) is 0 Å². The maximum absolute atomic E-state index is 11.3. The van der Waals surface area contributed by atoms with Crippen LogP contribution in [0.1, 0.15) is 25.8 Å². The van der Waals surface area contributed by atoms with Gasteiger partial charge in [-0.2, -0.15) is 0 Å². The average molecular weight is 247 g/mol. The van der Waals surface area contributed by atoms with E-state index in [0.29, 0.717) is 12.2 Å². The first-order valence-corrected chi connectivity index (χ1v) is 6.23. The molecule has 0 radical (unpaired) electrons. The zero-order chi connectivity index (χ0) is 13.4. The molecule has 1 aromatic carbocycles. The molecule has 0 amide bonds. The first-order chi connectivity index (χ1) is 8.63. The van der Waals surface area contributed by atoms with E-state index in [1.165, 1.54) is 5.56 Å². The molecule has 3 nitrogen and oxygen atoms in total. The predicted molar refractivity (Wildman–Crippen MR) is 73.1 cm³/mol. The van der Waals surface area contributed by atoms with Crippen LogP contribution in [0.3, 0.4) is 0 Å². The lowest BCUT2D eigenvalue weighted by Gasteiger charge is -2.17. The minimum absolute atomic E-state index is 0.175. The predicted octanol–water partition coefficient (Wildman–Crippen LogP) is 2.67. The van der Waals surface area contributed by atoms with Crippen LogP contribution in [-0.4, -0.2) is 18.6 Å². The quantitative estimate of drug-likeness (QED) is 0.594. The van der Waals surface area contributed by atoms with Crippen molar-refractivity contribution in [1.29, 1.82) is 0 Å². The molecule has 0 aliphatic carbocycles. The van der Waals surface area contributed by atoms with Gasteiger partial charge in [-0.15, -0.1) is 0 Å². The molecule has 1 rings (SSSR count). The largest absolute Gasteiger partial charge is 0.461 e. The summed E-state index contributed by atoms with van der Waals surface area (Å²) in [6, 6.07) is 10.3. The van der Waals surface area contributed by atoms with E-state index in [-0.39, 0.29) is 12.0 Å². The van der Waals surface area contributed by atoms with Gasteiger partial charge in [-0.25, -0.2) is 4.79 Å². The Labute approximate surface area is 109 Å². The van der Waals surface area contributed by atoms with Crippen LogP contribution in [-0.2, 0) is 16.1 Å². The molecule has 0 saturated heterocycles. The summed E-state index contributed by atoms with van der Waals surface area (Å²) in [6.07, 6.45) is 0.913. The van der Waals surface area contributed by atoms with E-state index < -0.39 is 0 Å². The fourth-order valence-electron chi connectivity index (χ4n) is 1.48. The molecule has 1 atom stereocenters. The second-order valence-electron chi connectivity index (χ2n) is 4.35. The first kappa shape index (κ1) is 14.5. The van der Waals surface area contributed by atoms with E-state index in [9.17, 15) is 4.79 Å². The Kier molecular flexibility index (Phi) is 6.15. The minimum Gasteiger partial charge on any atom is -0.461 e. The van der Waals surface area contributed by atoms with Gasteiger partial charge in [0.2, 0.25) is 0 Å². The van der Waals surface area contributed by atoms with Gasteiger partial charge < -0.3 is 10.1 Å². The third-order valence-electron chi connectivity index (χ3n) is 2.69. The van der Waals surface area contributed by atoms with Gasteiger partial charge in [-0.1, -0.05) is 43.8 Å². The molecule has 18 heavy (non-hydrogen) atoms. The topological polar surface area (TPSA) is 38.3 Å². The van der Waals surface area contributed by atoms with Crippen LogP contribution >= 0.6 is 0 Å². The lowest BCUT2D eigenvalue weighted by Crippen LogP contribution is -2.33. The summed E-state index contributed by atoms with van der Waals surface area (Å²) in [6.45, 7) is 8.44. The van der Waals surface area contributed by atoms with Crippen LogP contribution in [0.2, 0.25) is 0 Å². The fourth-order valence-corrected chi connectivity index (χ4v) is 1.48. The molecule has 1 aromatic rings. The lowest BCUT2D eigenvalue weighted by molar-refractivity contribution is -0.139. The Morgan fingerprint density at radius 3 is 2.61 bits per heavy atom. The highest BCUT2D eigenvalue weighted by atomic mass is 16.5. The SMILES string of the molecule is C=C(C)C(=O)OCC(CC)NCc1ccccc1. The molecule has 0 saturated carbocycles. The summed E-state index contributed by atoms with van der Waals surface area (Å²) in [5.41, 5.74) is 1.66. The number of rotatable bonds is 7. The Morgan fingerprint density at radius 2 is 2.06 bits per heavy atom. The van der Waals surface area contributed by atoms with Crippen LogP contribution in [0.25, 0.3) is 0 Å². The van der Waals surface area contributed by atoms with E-state index in [1.54, 1.807) is 6.92 Å². The number of hydrogen-bond donors (Lipinski definition) is 1. The highest BCUT2D eigenvalue weighted by molar-refractivity contribution is 5.86. The molecule has 0 spiro atoms. The molecular weight excluding hydrogens is 226 g/mol. The molecule has 0 fully saturated rings. The second kappa shape index (κ2) is 7.67. The Balaban J connectivity index is 2.34. The van der Waals surface area contributed by atoms with Crippen LogP contribution in [0.5, 0.6) is 0 Å². The third-order valence-corrected chi connectivity index (χ3v) is 2.69. The summed E-state index contributed by atoms with van der Waals surface area (Å²) in [7, 11) is 0. The molecule has 3 heteroatoms.